The Bertz CT molecular complexity index is 621. The standard InChI is InChI=1S/C23H39N5O/c1-3-25-11-13-26(14-12-25)10-5-4-9-24-23(29)28-17-15-27(16-18-28)20-22-8-6-7-21(2)19-22/h6-8,19H,3-5,9-18,20H2,1-2H3,(H,24,29). The predicted molar refractivity (Wildman–Crippen MR) is 119 cm³/mol. The molecule has 2 fully saturated rings. The molecule has 2 saturated heterocycles. The molecule has 2 aliphatic heterocycles. The fourth-order valence-electron chi connectivity index (χ4n) is 4.27. The van der Waals surface area contributed by atoms with E-state index in [1.54, 1.807) is 0 Å². The summed E-state index contributed by atoms with van der Waals surface area (Å²) in [6.45, 7) is 16.8. The topological polar surface area (TPSA) is 42.1 Å². The van der Waals surface area contributed by atoms with E-state index in [2.05, 4.69) is 58.1 Å². The molecule has 0 unspecified atom stereocenters. The minimum atomic E-state index is 0.108. The summed E-state index contributed by atoms with van der Waals surface area (Å²) < 4.78 is 0. The van der Waals surface area contributed by atoms with E-state index in [9.17, 15) is 4.79 Å². The smallest absolute Gasteiger partial charge is 0.317 e. The van der Waals surface area contributed by atoms with E-state index in [0.29, 0.717) is 0 Å². The maximum atomic E-state index is 12.4. The minimum absolute atomic E-state index is 0.108. The Labute approximate surface area is 176 Å². The lowest BCUT2D eigenvalue weighted by Crippen LogP contribution is -2.51. The zero-order chi connectivity index (χ0) is 20.5. The van der Waals surface area contributed by atoms with Crippen molar-refractivity contribution in [2.75, 3.05) is 72.0 Å². The summed E-state index contributed by atoms with van der Waals surface area (Å²) in [7, 11) is 0. The number of benzene rings is 1. The van der Waals surface area contributed by atoms with Gasteiger partial charge >= 0.3 is 6.03 Å². The lowest BCUT2D eigenvalue weighted by Gasteiger charge is -2.35. The van der Waals surface area contributed by atoms with Crippen LogP contribution >= 0.6 is 0 Å². The van der Waals surface area contributed by atoms with Gasteiger partial charge in [-0.3, -0.25) is 4.90 Å². The van der Waals surface area contributed by atoms with Gasteiger partial charge < -0.3 is 20.0 Å². The highest BCUT2D eigenvalue weighted by atomic mass is 16.2. The van der Waals surface area contributed by atoms with Crippen LogP contribution in [0.1, 0.15) is 30.9 Å². The fourth-order valence-corrected chi connectivity index (χ4v) is 4.27. The molecule has 6 nitrogen and oxygen atoms in total. The van der Waals surface area contributed by atoms with Crippen molar-refractivity contribution in [3.63, 3.8) is 0 Å². The van der Waals surface area contributed by atoms with E-state index in [1.165, 1.54) is 43.9 Å². The number of amides is 2. The molecule has 1 N–H and O–H groups in total. The molecule has 1 aromatic rings. The molecule has 2 aliphatic rings. The molecule has 0 aliphatic carbocycles. The summed E-state index contributed by atoms with van der Waals surface area (Å²) in [5, 5.41) is 3.12. The number of carbonyl (C=O) groups excluding carboxylic acids is 1. The molecular weight excluding hydrogens is 362 g/mol. The van der Waals surface area contributed by atoms with Gasteiger partial charge in [0.1, 0.15) is 0 Å². The third-order valence-corrected chi connectivity index (χ3v) is 6.24. The van der Waals surface area contributed by atoms with Gasteiger partial charge in [-0.25, -0.2) is 4.79 Å². The number of unbranched alkanes of at least 4 members (excludes halogenated alkanes) is 1. The zero-order valence-electron chi connectivity index (χ0n) is 18.4. The molecule has 0 saturated carbocycles. The number of hydrogen-bond acceptors (Lipinski definition) is 4. The SMILES string of the molecule is CCN1CCN(CCCCNC(=O)N2CCN(Cc3cccc(C)c3)CC2)CC1. The summed E-state index contributed by atoms with van der Waals surface area (Å²) in [5.74, 6) is 0. The summed E-state index contributed by atoms with van der Waals surface area (Å²) >= 11 is 0. The van der Waals surface area contributed by atoms with Gasteiger partial charge in [-0.05, 0) is 38.4 Å². The number of hydrogen-bond donors (Lipinski definition) is 1. The van der Waals surface area contributed by atoms with E-state index in [0.717, 1.165) is 58.7 Å². The fraction of sp³-hybridized carbons (Fsp3) is 0.696. The van der Waals surface area contributed by atoms with Crippen LogP contribution in [0.5, 0.6) is 0 Å². The lowest BCUT2D eigenvalue weighted by atomic mass is 10.1. The highest BCUT2D eigenvalue weighted by Gasteiger charge is 2.21. The van der Waals surface area contributed by atoms with Gasteiger partial charge in [0.05, 0.1) is 0 Å². The molecule has 2 amide bonds. The maximum absolute atomic E-state index is 12.4. The molecule has 1 aromatic carbocycles. The van der Waals surface area contributed by atoms with Gasteiger partial charge in [0.2, 0.25) is 0 Å². The molecular formula is C23H39N5O. The van der Waals surface area contributed by atoms with Crippen LogP contribution in [-0.2, 0) is 6.54 Å². The Balaban J connectivity index is 1.24. The van der Waals surface area contributed by atoms with Crippen LogP contribution < -0.4 is 5.32 Å². The van der Waals surface area contributed by atoms with Crippen molar-refractivity contribution in [2.45, 2.75) is 33.2 Å². The zero-order valence-corrected chi connectivity index (χ0v) is 18.4. The largest absolute Gasteiger partial charge is 0.338 e. The third kappa shape index (κ3) is 7.28. The van der Waals surface area contributed by atoms with Crippen molar-refractivity contribution in [2.24, 2.45) is 0 Å². The van der Waals surface area contributed by atoms with E-state index in [4.69, 9.17) is 0 Å². The normalized spacial score (nSPS) is 19.4. The molecule has 0 spiro atoms. The highest BCUT2D eigenvalue weighted by Crippen LogP contribution is 2.10. The van der Waals surface area contributed by atoms with Crippen LogP contribution in [0.25, 0.3) is 0 Å². The number of carbonyl (C=O) groups is 1. The van der Waals surface area contributed by atoms with Gasteiger partial charge in [-0.15, -0.1) is 0 Å². The number of piperazine rings is 2. The average molecular weight is 402 g/mol. The average Bonchev–Trinajstić information content (AvgIpc) is 2.74. The van der Waals surface area contributed by atoms with Gasteiger partial charge in [0, 0.05) is 65.4 Å². The second kappa shape index (κ2) is 11.5. The first kappa shape index (κ1) is 22.1. The van der Waals surface area contributed by atoms with Crippen molar-refractivity contribution in [1.82, 2.24) is 24.9 Å². The quantitative estimate of drug-likeness (QED) is 0.679. The van der Waals surface area contributed by atoms with Crippen LogP contribution in [0.3, 0.4) is 0 Å². The maximum Gasteiger partial charge on any atom is 0.317 e. The van der Waals surface area contributed by atoms with E-state index >= 15 is 0 Å². The van der Waals surface area contributed by atoms with Crippen LogP contribution in [-0.4, -0.2) is 97.6 Å². The Morgan fingerprint density at radius 1 is 0.931 bits per heavy atom. The van der Waals surface area contributed by atoms with E-state index < -0.39 is 0 Å². The summed E-state index contributed by atoms with van der Waals surface area (Å²) in [4.78, 5) is 21.9. The first-order valence-electron chi connectivity index (χ1n) is 11.4. The number of nitrogens with zero attached hydrogens (tertiary/aromatic N) is 4. The van der Waals surface area contributed by atoms with Crippen molar-refractivity contribution in [1.29, 1.82) is 0 Å². The van der Waals surface area contributed by atoms with Crippen molar-refractivity contribution in [3.05, 3.63) is 35.4 Å². The number of rotatable bonds is 8. The van der Waals surface area contributed by atoms with Gasteiger partial charge in [-0.1, -0.05) is 36.8 Å². The Kier molecular flexibility index (Phi) is 8.77. The van der Waals surface area contributed by atoms with Crippen LogP contribution in [0.2, 0.25) is 0 Å². The van der Waals surface area contributed by atoms with Crippen LogP contribution in [0, 0.1) is 6.92 Å². The van der Waals surface area contributed by atoms with E-state index in [-0.39, 0.29) is 6.03 Å². The lowest BCUT2D eigenvalue weighted by molar-refractivity contribution is 0.132. The number of nitrogens with one attached hydrogen (secondary N) is 1. The monoisotopic (exact) mass is 401 g/mol. The first-order chi connectivity index (χ1) is 14.1. The number of aryl methyl sites for hydroxylation is 1. The Morgan fingerprint density at radius 2 is 1.62 bits per heavy atom. The molecule has 0 radical (unpaired) electrons. The molecule has 0 aromatic heterocycles. The van der Waals surface area contributed by atoms with Gasteiger partial charge in [0.25, 0.3) is 0 Å². The predicted octanol–water partition coefficient (Wildman–Crippen LogP) is 2.24. The van der Waals surface area contributed by atoms with Crippen molar-refractivity contribution < 1.29 is 4.79 Å². The van der Waals surface area contributed by atoms with E-state index in [1.807, 2.05) is 4.90 Å². The van der Waals surface area contributed by atoms with Gasteiger partial charge in [0.15, 0.2) is 0 Å². The van der Waals surface area contributed by atoms with Crippen LogP contribution in [0.4, 0.5) is 4.79 Å². The molecule has 3 rings (SSSR count). The minimum Gasteiger partial charge on any atom is -0.338 e. The number of urea groups is 1. The molecule has 2 heterocycles. The first-order valence-corrected chi connectivity index (χ1v) is 11.4. The molecule has 162 valence electrons. The van der Waals surface area contributed by atoms with Crippen LogP contribution in [0.15, 0.2) is 24.3 Å². The molecule has 6 heteroatoms. The second-order valence-corrected chi connectivity index (χ2v) is 8.47. The summed E-state index contributed by atoms with van der Waals surface area (Å²) in [5.41, 5.74) is 2.67. The highest BCUT2D eigenvalue weighted by molar-refractivity contribution is 5.74. The summed E-state index contributed by atoms with van der Waals surface area (Å²) in [6, 6.07) is 8.81. The molecule has 0 atom stereocenters. The Morgan fingerprint density at radius 3 is 2.31 bits per heavy atom. The van der Waals surface area contributed by atoms with Crippen molar-refractivity contribution in [3.8, 4) is 0 Å². The van der Waals surface area contributed by atoms with Crippen molar-refractivity contribution >= 4 is 6.03 Å². The number of likely N-dealkylation sites (N-methyl/N-ethyl adjacent to an activating group) is 1. The molecule has 0 bridgehead atoms. The summed E-state index contributed by atoms with van der Waals surface area (Å²) in [6.07, 6.45) is 2.23. The Hall–Kier alpha value is -1.63. The third-order valence-electron chi connectivity index (χ3n) is 6.24. The molecule has 29 heavy (non-hydrogen) atoms. The second-order valence-electron chi connectivity index (χ2n) is 8.47. The van der Waals surface area contributed by atoms with Gasteiger partial charge in [-0.2, -0.15) is 0 Å².